The van der Waals surface area contributed by atoms with Gasteiger partial charge in [-0.2, -0.15) is 0 Å². The largest absolute Gasteiger partial charge is 0.444 e. The van der Waals surface area contributed by atoms with Gasteiger partial charge < -0.3 is 14.5 Å². The topological polar surface area (TPSA) is 64.4 Å². The van der Waals surface area contributed by atoms with E-state index in [1.165, 1.54) is 6.26 Å². The smallest absolute Gasteiger partial charge is 0.226 e. The molecule has 26 heavy (non-hydrogen) atoms. The van der Waals surface area contributed by atoms with Crippen LogP contribution >= 0.6 is 0 Å². The Kier molecular flexibility index (Phi) is 4.91. The summed E-state index contributed by atoms with van der Waals surface area (Å²) in [5.74, 6) is 0.408. The molecule has 1 aromatic heterocycles. The van der Waals surface area contributed by atoms with Gasteiger partial charge in [0.1, 0.15) is 12.0 Å². The molecule has 1 N–H and O–H groups in total. The molecule has 0 radical (unpaired) electrons. The van der Waals surface area contributed by atoms with E-state index in [4.69, 9.17) is 9.15 Å². The minimum atomic E-state index is -0.0562. The van der Waals surface area contributed by atoms with E-state index in [9.17, 15) is 4.79 Å². The number of carbonyl (C=O) groups excluding carboxylic acids is 1. The SMILES string of the molecule is O=C(Cc1ccc([C@H]2CNCCO2)cc1)c1coc(-c2ccccc2)n1. The molecule has 0 bridgehead atoms. The highest BCUT2D eigenvalue weighted by Gasteiger charge is 2.17. The summed E-state index contributed by atoms with van der Waals surface area (Å²) < 4.78 is 11.2. The van der Waals surface area contributed by atoms with Crippen molar-refractivity contribution >= 4 is 5.78 Å². The second kappa shape index (κ2) is 7.64. The Labute approximate surface area is 152 Å². The molecule has 4 rings (SSSR count). The van der Waals surface area contributed by atoms with Crippen molar-refractivity contribution in [3.05, 3.63) is 77.7 Å². The first-order valence-electron chi connectivity index (χ1n) is 8.75. The summed E-state index contributed by atoms with van der Waals surface area (Å²) in [5.41, 5.74) is 3.29. The highest BCUT2D eigenvalue weighted by molar-refractivity contribution is 5.95. The molecular weight excluding hydrogens is 328 g/mol. The number of hydrogen-bond donors (Lipinski definition) is 1. The van der Waals surface area contributed by atoms with Crippen LogP contribution in [-0.4, -0.2) is 30.5 Å². The maximum absolute atomic E-state index is 12.5. The number of aromatic nitrogens is 1. The average Bonchev–Trinajstić information content (AvgIpc) is 3.20. The summed E-state index contributed by atoms with van der Waals surface area (Å²) in [6.45, 7) is 2.44. The molecule has 5 nitrogen and oxygen atoms in total. The van der Waals surface area contributed by atoms with Crippen LogP contribution in [0, 0.1) is 0 Å². The van der Waals surface area contributed by atoms with Crippen molar-refractivity contribution in [1.82, 2.24) is 10.3 Å². The van der Waals surface area contributed by atoms with Crippen LogP contribution in [0.25, 0.3) is 11.5 Å². The fourth-order valence-electron chi connectivity index (χ4n) is 3.02. The van der Waals surface area contributed by atoms with Crippen molar-refractivity contribution in [3.8, 4) is 11.5 Å². The van der Waals surface area contributed by atoms with E-state index in [0.717, 1.165) is 36.4 Å². The molecule has 1 saturated heterocycles. The third-order valence-corrected chi connectivity index (χ3v) is 4.45. The van der Waals surface area contributed by atoms with E-state index in [0.29, 0.717) is 18.0 Å². The Morgan fingerprint density at radius 3 is 2.65 bits per heavy atom. The lowest BCUT2D eigenvalue weighted by molar-refractivity contribution is 0.0277. The maximum atomic E-state index is 12.5. The molecule has 5 heteroatoms. The molecule has 3 aromatic rings. The Balaban J connectivity index is 1.42. The standard InChI is InChI=1S/C21H20N2O3/c24-19(18-14-26-21(23-18)17-4-2-1-3-5-17)12-15-6-8-16(9-7-15)20-13-22-10-11-25-20/h1-9,14,20,22H,10-13H2/t20-/m1/s1. The zero-order chi connectivity index (χ0) is 17.8. The molecule has 2 aromatic carbocycles. The number of ketones is 1. The number of carbonyl (C=O) groups is 1. The van der Waals surface area contributed by atoms with Gasteiger partial charge in [0.15, 0.2) is 5.78 Å². The molecule has 0 saturated carbocycles. The van der Waals surface area contributed by atoms with Crippen LogP contribution in [0.1, 0.15) is 27.7 Å². The van der Waals surface area contributed by atoms with E-state index in [1.54, 1.807) is 0 Å². The summed E-state index contributed by atoms with van der Waals surface area (Å²) >= 11 is 0. The van der Waals surface area contributed by atoms with Crippen molar-refractivity contribution in [2.45, 2.75) is 12.5 Å². The highest BCUT2D eigenvalue weighted by atomic mass is 16.5. The van der Waals surface area contributed by atoms with E-state index >= 15 is 0 Å². The molecule has 1 atom stereocenters. The van der Waals surface area contributed by atoms with Gasteiger partial charge >= 0.3 is 0 Å². The molecular formula is C21H20N2O3. The second-order valence-electron chi connectivity index (χ2n) is 6.31. The number of rotatable bonds is 5. The van der Waals surface area contributed by atoms with Gasteiger partial charge in [-0.15, -0.1) is 0 Å². The number of hydrogen-bond acceptors (Lipinski definition) is 5. The lowest BCUT2D eigenvalue weighted by atomic mass is 10.0. The van der Waals surface area contributed by atoms with E-state index < -0.39 is 0 Å². The molecule has 0 spiro atoms. The van der Waals surface area contributed by atoms with Crippen LogP contribution in [0.15, 0.2) is 65.3 Å². The third kappa shape index (κ3) is 3.74. The second-order valence-corrected chi connectivity index (χ2v) is 6.31. The molecule has 0 unspecified atom stereocenters. The quantitative estimate of drug-likeness (QED) is 0.716. The van der Waals surface area contributed by atoms with Gasteiger partial charge in [0.25, 0.3) is 0 Å². The number of nitrogens with one attached hydrogen (secondary N) is 1. The van der Waals surface area contributed by atoms with Gasteiger partial charge in [-0.25, -0.2) is 4.98 Å². The number of morpholine rings is 1. The first-order chi connectivity index (χ1) is 12.8. The van der Waals surface area contributed by atoms with Crippen LogP contribution in [0.5, 0.6) is 0 Å². The summed E-state index contributed by atoms with van der Waals surface area (Å²) in [5, 5.41) is 3.32. The van der Waals surface area contributed by atoms with E-state index in [1.807, 2.05) is 54.6 Å². The number of Topliss-reactive ketones (excluding diaryl/α,β-unsaturated/α-hetero) is 1. The molecule has 2 heterocycles. The van der Waals surface area contributed by atoms with Gasteiger partial charge in [-0.1, -0.05) is 42.5 Å². The zero-order valence-electron chi connectivity index (χ0n) is 14.4. The van der Waals surface area contributed by atoms with Crippen molar-refractivity contribution in [3.63, 3.8) is 0 Å². The number of oxazole rings is 1. The number of benzene rings is 2. The molecule has 1 aliphatic rings. The minimum Gasteiger partial charge on any atom is -0.444 e. The first-order valence-corrected chi connectivity index (χ1v) is 8.75. The van der Waals surface area contributed by atoms with Gasteiger partial charge in [-0.3, -0.25) is 4.79 Å². The first kappa shape index (κ1) is 16.7. The Hall–Kier alpha value is -2.76. The van der Waals surface area contributed by atoms with E-state index in [2.05, 4.69) is 10.3 Å². The van der Waals surface area contributed by atoms with E-state index in [-0.39, 0.29) is 11.9 Å². The minimum absolute atomic E-state index is 0.0562. The van der Waals surface area contributed by atoms with Gasteiger partial charge in [0, 0.05) is 25.1 Å². The van der Waals surface area contributed by atoms with Crippen LogP contribution < -0.4 is 5.32 Å². The average molecular weight is 348 g/mol. The van der Waals surface area contributed by atoms with Crippen LogP contribution in [0.2, 0.25) is 0 Å². The lowest BCUT2D eigenvalue weighted by Crippen LogP contribution is -2.33. The maximum Gasteiger partial charge on any atom is 0.226 e. The Morgan fingerprint density at radius 1 is 1.12 bits per heavy atom. The Morgan fingerprint density at radius 2 is 1.92 bits per heavy atom. The monoisotopic (exact) mass is 348 g/mol. The predicted octanol–water partition coefficient (Wildman–Crippen LogP) is 3.43. The van der Waals surface area contributed by atoms with Crippen molar-refractivity contribution in [2.75, 3.05) is 19.7 Å². The Bertz CT molecular complexity index is 866. The fourth-order valence-corrected chi connectivity index (χ4v) is 3.02. The van der Waals surface area contributed by atoms with Crippen molar-refractivity contribution < 1.29 is 13.9 Å². The summed E-state index contributed by atoms with van der Waals surface area (Å²) in [6, 6.07) is 17.6. The van der Waals surface area contributed by atoms with Crippen molar-refractivity contribution in [1.29, 1.82) is 0 Å². The highest BCUT2D eigenvalue weighted by Crippen LogP contribution is 2.21. The molecule has 1 fully saturated rings. The van der Waals surface area contributed by atoms with Crippen LogP contribution in [0.3, 0.4) is 0 Å². The third-order valence-electron chi connectivity index (χ3n) is 4.45. The summed E-state index contributed by atoms with van der Waals surface area (Å²) in [6.07, 6.45) is 1.81. The normalized spacial score (nSPS) is 17.2. The van der Waals surface area contributed by atoms with Crippen LogP contribution in [0.4, 0.5) is 0 Å². The van der Waals surface area contributed by atoms with Gasteiger partial charge in [-0.05, 0) is 23.3 Å². The fraction of sp³-hybridized carbons (Fsp3) is 0.238. The molecule has 0 amide bonds. The number of nitrogens with zero attached hydrogens (tertiary/aromatic N) is 1. The molecule has 132 valence electrons. The predicted molar refractivity (Wildman–Crippen MR) is 98.0 cm³/mol. The number of ether oxygens (including phenoxy) is 1. The van der Waals surface area contributed by atoms with Gasteiger partial charge in [0.2, 0.25) is 5.89 Å². The molecule has 1 aliphatic heterocycles. The van der Waals surface area contributed by atoms with Crippen LogP contribution in [-0.2, 0) is 11.2 Å². The van der Waals surface area contributed by atoms with Crippen molar-refractivity contribution in [2.24, 2.45) is 0 Å². The lowest BCUT2D eigenvalue weighted by Gasteiger charge is -2.24. The summed E-state index contributed by atoms with van der Waals surface area (Å²) in [4.78, 5) is 16.8. The van der Waals surface area contributed by atoms with Gasteiger partial charge in [0.05, 0.1) is 12.7 Å². The zero-order valence-corrected chi connectivity index (χ0v) is 14.4. The molecule has 0 aliphatic carbocycles. The summed E-state index contributed by atoms with van der Waals surface area (Å²) in [7, 11) is 0.